The van der Waals surface area contributed by atoms with Crippen LogP contribution in [0.3, 0.4) is 0 Å². The molecule has 1 amide bonds. The lowest BCUT2D eigenvalue weighted by atomic mass is 10.1. The van der Waals surface area contributed by atoms with Gasteiger partial charge < -0.3 is 14.7 Å². The number of hydrogen-bond acceptors (Lipinski definition) is 3. The Labute approximate surface area is 124 Å². The van der Waals surface area contributed by atoms with Gasteiger partial charge in [-0.1, -0.05) is 12.1 Å². The Kier molecular flexibility index (Phi) is 5.20. The Hall–Kier alpha value is -2.04. The molecule has 0 bridgehead atoms. The number of rotatable bonds is 6. The number of carboxylic acids is 1. The van der Waals surface area contributed by atoms with Gasteiger partial charge in [0.1, 0.15) is 5.75 Å². The second-order valence-corrected chi connectivity index (χ2v) is 5.43. The van der Waals surface area contributed by atoms with E-state index in [-0.39, 0.29) is 5.91 Å². The van der Waals surface area contributed by atoms with Crippen molar-refractivity contribution in [3.8, 4) is 5.75 Å². The third-order valence-corrected chi connectivity index (χ3v) is 3.68. The van der Waals surface area contributed by atoms with E-state index >= 15 is 0 Å². The maximum atomic E-state index is 12.0. The van der Waals surface area contributed by atoms with Gasteiger partial charge in [-0.25, -0.2) is 0 Å². The number of likely N-dealkylation sites (tertiary alicyclic amines) is 1. The Morgan fingerprint density at radius 1 is 1.43 bits per heavy atom. The third kappa shape index (κ3) is 4.48. The molecule has 1 aromatic rings. The molecule has 0 aromatic heterocycles. The van der Waals surface area contributed by atoms with Crippen LogP contribution in [0.4, 0.5) is 0 Å². The number of benzene rings is 1. The number of aliphatic carboxylic acids is 1. The van der Waals surface area contributed by atoms with Crippen LogP contribution in [0.25, 0.3) is 0 Å². The highest BCUT2D eigenvalue weighted by molar-refractivity contribution is 5.78. The van der Waals surface area contributed by atoms with Gasteiger partial charge >= 0.3 is 5.97 Å². The summed E-state index contributed by atoms with van der Waals surface area (Å²) >= 11 is 0. The summed E-state index contributed by atoms with van der Waals surface area (Å²) in [5.74, 6) is -0.383. The topological polar surface area (TPSA) is 66.8 Å². The maximum Gasteiger partial charge on any atom is 0.308 e. The fraction of sp³-hybridized carbons (Fsp3) is 0.500. The summed E-state index contributed by atoms with van der Waals surface area (Å²) in [6.07, 6.45) is 1.60. The first-order valence-corrected chi connectivity index (χ1v) is 7.26. The van der Waals surface area contributed by atoms with Crippen LogP contribution in [0.2, 0.25) is 0 Å². The molecule has 1 atom stereocenters. The van der Waals surface area contributed by atoms with Crippen LogP contribution in [-0.4, -0.2) is 41.6 Å². The second kappa shape index (κ2) is 7.11. The van der Waals surface area contributed by atoms with Crippen LogP contribution in [0.15, 0.2) is 24.3 Å². The molecule has 1 saturated heterocycles. The zero-order valence-electron chi connectivity index (χ0n) is 12.2. The van der Waals surface area contributed by atoms with Crippen LogP contribution in [-0.2, 0) is 9.59 Å². The van der Waals surface area contributed by atoms with Gasteiger partial charge in [-0.05, 0) is 37.5 Å². The fourth-order valence-corrected chi connectivity index (χ4v) is 2.47. The van der Waals surface area contributed by atoms with E-state index in [1.807, 2.05) is 31.2 Å². The SMILES string of the molecule is Cc1cccc(OCCCC(=O)N2CC[C@H](C(=O)O)C2)c1. The summed E-state index contributed by atoms with van der Waals surface area (Å²) in [6.45, 7) is 3.38. The van der Waals surface area contributed by atoms with E-state index < -0.39 is 11.9 Å². The number of aryl methyl sites for hydroxylation is 1. The van der Waals surface area contributed by atoms with E-state index in [1.165, 1.54) is 0 Å². The van der Waals surface area contributed by atoms with Crippen molar-refractivity contribution in [2.75, 3.05) is 19.7 Å². The molecule has 114 valence electrons. The predicted octanol–water partition coefficient (Wildman–Crippen LogP) is 2.09. The molecule has 21 heavy (non-hydrogen) atoms. The number of carboxylic acid groups (broad SMARTS) is 1. The number of carbonyl (C=O) groups excluding carboxylic acids is 1. The standard InChI is InChI=1S/C16H21NO4/c1-12-4-2-5-14(10-12)21-9-3-6-15(18)17-8-7-13(11-17)16(19)20/h2,4-5,10,13H,3,6-9,11H2,1H3,(H,19,20)/t13-/m0/s1. The van der Waals surface area contributed by atoms with Crippen molar-refractivity contribution in [2.24, 2.45) is 5.92 Å². The molecule has 1 fully saturated rings. The van der Waals surface area contributed by atoms with E-state index in [0.717, 1.165) is 11.3 Å². The van der Waals surface area contributed by atoms with Gasteiger partial charge in [0, 0.05) is 19.5 Å². The van der Waals surface area contributed by atoms with Crippen molar-refractivity contribution in [3.63, 3.8) is 0 Å². The normalized spacial score (nSPS) is 17.8. The summed E-state index contributed by atoms with van der Waals surface area (Å²) in [4.78, 5) is 24.5. The molecule has 5 nitrogen and oxygen atoms in total. The highest BCUT2D eigenvalue weighted by Gasteiger charge is 2.30. The molecule has 0 spiro atoms. The summed E-state index contributed by atoms with van der Waals surface area (Å²) in [6, 6.07) is 7.79. The van der Waals surface area contributed by atoms with E-state index in [0.29, 0.717) is 39.0 Å². The zero-order valence-corrected chi connectivity index (χ0v) is 12.2. The highest BCUT2D eigenvalue weighted by atomic mass is 16.5. The van der Waals surface area contributed by atoms with E-state index in [4.69, 9.17) is 9.84 Å². The molecule has 1 heterocycles. The van der Waals surface area contributed by atoms with Crippen molar-refractivity contribution in [3.05, 3.63) is 29.8 Å². The van der Waals surface area contributed by atoms with Crippen LogP contribution in [0, 0.1) is 12.8 Å². The number of hydrogen-bond donors (Lipinski definition) is 1. The maximum absolute atomic E-state index is 12.0. The Bertz CT molecular complexity index is 515. The van der Waals surface area contributed by atoms with Gasteiger partial charge in [0.15, 0.2) is 0 Å². The van der Waals surface area contributed by atoms with Gasteiger partial charge in [-0.15, -0.1) is 0 Å². The van der Waals surface area contributed by atoms with Crippen molar-refractivity contribution in [2.45, 2.75) is 26.2 Å². The molecule has 0 radical (unpaired) electrons. The Balaban J connectivity index is 1.67. The van der Waals surface area contributed by atoms with Crippen LogP contribution >= 0.6 is 0 Å². The zero-order chi connectivity index (χ0) is 15.2. The molecule has 1 N–H and O–H groups in total. The van der Waals surface area contributed by atoms with Crippen LogP contribution in [0.5, 0.6) is 5.75 Å². The minimum Gasteiger partial charge on any atom is -0.494 e. The minimum atomic E-state index is -0.812. The first-order chi connectivity index (χ1) is 10.1. The molecule has 1 aliphatic heterocycles. The summed E-state index contributed by atoms with van der Waals surface area (Å²) in [5.41, 5.74) is 1.14. The average molecular weight is 291 g/mol. The van der Waals surface area contributed by atoms with Crippen molar-refractivity contribution >= 4 is 11.9 Å². The molecule has 0 saturated carbocycles. The summed E-state index contributed by atoms with van der Waals surface area (Å²) in [7, 11) is 0. The fourth-order valence-electron chi connectivity index (χ4n) is 2.47. The summed E-state index contributed by atoms with van der Waals surface area (Å²) < 4.78 is 5.59. The molecule has 0 aliphatic carbocycles. The predicted molar refractivity (Wildman–Crippen MR) is 78.2 cm³/mol. The number of carbonyl (C=O) groups is 2. The first kappa shape index (κ1) is 15.4. The van der Waals surface area contributed by atoms with E-state index in [1.54, 1.807) is 4.90 Å². The molecule has 1 aliphatic rings. The van der Waals surface area contributed by atoms with E-state index in [2.05, 4.69) is 0 Å². The Morgan fingerprint density at radius 3 is 2.90 bits per heavy atom. The Morgan fingerprint density at radius 2 is 2.24 bits per heavy atom. The molecular weight excluding hydrogens is 270 g/mol. The molecule has 0 unspecified atom stereocenters. The lowest BCUT2D eigenvalue weighted by Crippen LogP contribution is -2.30. The number of ether oxygens (including phenoxy) is 1. The van der Waals surface area contributed by atoms with Gasteiger partial charge in [0.25, 0.3) is 0 Å². The van der Waals surface area contributed by atoms with Crippen LogP contribution in [0.1, 0.15) is 24.8 Å². The molecule has 2 rings (SSSR count). The second-order valence-electron chi connectivity index (χ2n) is 5.43. The van der Waals surface area contributed by atoms with E-state index in [9.17, 15) is 9.59 Å². The first-order valence-electron chi connectivity index (χ1n) is 7.26. The van der Waals surface area contributed by atoms with Gasteiger partial charge in [-0.2, -0.15) is 0 Å². The van der Waals surface area contributed by atoms with Crippen molar-refractivity contribution in [1.82, 2.24) is 4.90 Å². The van der Waals surface area contributed by atoms with Crippen molar-refractivity contribution < 1.29 is 19.4 Å². The van der Waals surface area contributed by atoms with Crippen LogP contribution < -0.4 is 4.74 Å². The largest absolute Gasteiger partial charge is 0.494 e. The van der Waals surface area contributed by atoms with Gasteiger partial charge in [0.2, 0.25) is 5.91 Å². The third-order valence-electron chi connectivity index (χ3n) is 3.68. The molecular formula is C16H21NO4. The number of nitrogens with zero attached hydrogens (tertiary/aromatic N) is 1. The average Bonchev–Trinajstić information content (AvgIpc) is 2.93. The quantitative estimate of drug-likeness (QED) is 0.815. The minimum absolute atomic E-state index is 0.0200. The monoisotopic (exact) mass is 291 g/mol. The lowest BCUT2D eigenvalue weighted by Gasteiger charge is -2.15. The number of amides is 1. The van der Waals surface area contributed by atoms with Gasteiger partial charge in [-0.3, -0.25) is 9.59 Å². The van der Waals surface area contributed by atoms with Gasteiger partial charge in [0.05, 0.1) is 12.5 Å². The molecule has 5 heteroatoms. The highest BCUT2D eigenvalue weighted by Crippen LogP contribution is 2.18. The molecule has 1 aromatic carbocycles. The van der Waals surface area contributed by atoms with Crippen molar-refractivity contribution in [1.29, 1.82) is 0 Å². The lowest BCUT2D eigenvalue weighted by molar-refractivity contribution is -0.141. The smallest absolute Gasteiger partial charge is 0.308 e. The summed E-state index contributed by atoms with van der Waals surface area (Å²) in [5, 5.41) is 8.92.